The molecule has 1 aromatic rings. The van der Waals surface area contributed by atoms with Gasteiger partial charge >= 0.3 is 5.97 Å². The molecule has 1 saturated heterocycles. The van der Waals surface area contributed by atoms with Crippen molar-refractivity contribution in [3.8, 4) is 0 Å². The van der Waals surface area contributed by atoms with Crippen molar-refractivity contribution in [3.05, 3.63) is 29.8 Å². The molecule has 22 heavy (non-hydrogen) atoms. The molecule has 2 fully saturated rings. The zero-order valence-corrected chi connectivity index (χ0v) is 12.2. The van der Waals surface area contributed by atoms with Gasteiger partial charge in [-0.15, -0.1) is 0 Å². The second-order valence-electron chi connectivity index (χ2n) is 5.97. The lowest BCUT2D eigenvalue weighted by Gasteiger charge is -2.17. The second kappa shape index (κ2) is 5.44. The fourth-order valence-corrected chi connectivity index (χ4v) is 2.70. The van der Waals surface area contributed by atoms with Crippen LogP contribution in [0.3, 0.4) is 0 Å². The van der Waals surface area contributed by atoms with Gasteiger partial charge in [-0.3, -0.25) is 14.4 Å². The van der Waals surface area contributed by atoms with Gasteiger partial charge in [0.1, 0.15) is 0 Å². The zero-order chi connectivity index (χ0) is 15.7. The third kappa shape index (κ3) is 2.68. The number of hydrogen-bond donors (Lipinski definition) is 2. The number of carbonyl (C=O) groups excluding carboxylic acids is 2. The fraction of sp³-hybridized carbons (Fsp3) is 0.438. The molecule has 2 aliphatic rings. The Balaban J connectivity index is 1.68. The minimum atomic E-state index is -0.857. The first-order valence-electron chi connectivity index (χ1n) is 7.44. The number of rotatable bonds is 5. The third-order valence-electron chi connectivity index (χ3n) is 4.39. The van der Waals surface area contributed by atoms with Gasteiger partial charge in [-0.05, 0) is 37.5 Å². The minimum absolute atomic E-state index is 0.0698. The number of hydrogen-bond acceptors (Lipinski definition) is 3. The van der Waals surface area contributed by atoms with E-state index in [1.165, 1.54) is 0 Å². The molecule has 0 bridgehead atoms. The van der Waals surface area contributed by atoms with Gasteiger partial charge in [0.25, 0.3) is 5.91 Å². The van der Waals surface area contributed by atoms with E-state index in [4.69, 9.17) is 5.11 Å². The van der Waals surface area contributed by atoms with Crippen molar-refractivity contribution >= 4 is 23.5 Å². The molecule has 2 N–H and O–H groups in total. The molecule has 1 heterocycles. The summed E-state index contributed by atoms with van der Waals surface area (Å²) in [6.45, 7) is 0.820. The summed E-state index contributed by atoms with van der Waals surface area (Å²) in [6, 6.07) is 6.89. The Morgan fingerprint density at radius 2 is 2.09 bits per heavy atom. The van der Waals surface area contributed by atoms with Crippen LogP contribution in [-0.4, -0.2) is 36.0 Å². The average Bonchev–Trinajstić information content (AvgIpc) is 3.20. The highest BCUT2D eigenvalue weighted by atomic mass is 16.4. The maximum absolute atomic E-state index is 12.2. The maximum Gasteiger partial charge on any atom is 0.311 e. The molecule has 0 spiro atoms. The number of carboxylic acid groups (broad SMARTS) is 1. The van der Waals surface area contributed by atoms with E-state index in [-0.39, 0.29) is 18.4 Å². The van der Waals surface area contributed by atoms with Crippen LogP contribution in [0.2, 0.25) is 0 Å². The minimum Gasteiger partial charge on any atom is -0.481 e. The third-order valence-corrected chi connectivity index (χ3v) is 4.39. The van der Waals surface area contributed by atoms with Gasteiger partial charge in [0.2, 0.25) is 5.91 Å². The number of aliphatic carboxylic acids is 1. The molecule has 0 radical (unpaired) electrons. The highest BCUT2D eigenvalue weighted by molar-refractivity contribution is 5.99. The van der Waals surface area contributed by atoms with Crippen molar-refractivity contribution in [1.82, 2.24) is 5.32 Å². The predicted octanol–water partition coefficient (Wildman–Crippen LogP) is 1.41. The van der Waals surface area contributed by atoms with Crippen LogP contribution in [0.25, 0.3) is 0 Å². The van der Waals surface area contributed by atoms with E-state index >= 15 is 0 Å². The highest BCUT2D eigenvalue weighted by Crippen LogP contribution is 2.45. The first kappa shape index (κ1) is 14.6. The quantitative estimate of drug-likeness (QED) is 0.861. The Morgan fingerprint density at radius 3 is 2.68 bits per heavy atom. The number of anilines is 1. The lowest BCUT2D eigenvalue weighted by Crippen LogP contribution is -2.34. The number of carboxylic acids is 1. The van der Waals surface area contributed by atoms with E-state index in [1.54, 1.807) is 29.2 Å². The summed E-state index contributed by atoms with van der Waals surface area (Å²) in [4.78, 5) is 36.7. The molecule has 0 atom stereocenters. The molecule has 1 aromatic carbocycles. The van der Waals surface area contributed by atoms with Gasteiger partial charge in [0.15, 0.2) is 0 Å². The molecule has 2 amide bonds. The summed E-state index contributed by atoms with van der Waals surface area (Å²) in [5.41, 5.74) is 0.381. The monoisotopic (exact) mass is 302 g/mol. The zero-order valence-electron chi connectivity index (χ0n) is 12.2. The molecule has 1 saturated carbocycles. The molecule has 6 heteroatoms. The van der Waals surface area contributed by atoms with E-state index in [0.29, 0.717) is 31.4 Å². The van der Waals surface area contributed by atoms with Crippen LogP contribution in [0.5, 0.6) is 0 Å². The van der Waals surface area contributed by atoms with Crippen molar-refractivity contribution in [2.75, 3.05) is 18.0 Å². The largest absolute Gasteiger partial charge is 0.481 e. The molecule has 0 aromatic heterocycles. The Bertz CT molecular complexity index is 637. The highest BCUT2D eigenvalue weighted by Gasteiger charge is 2.50. The average molecular weight is 302 g/mol. The first-order valence-corrected chi connectivity index (χ1v) is 7.44. The summed E-state index contributed by atoms with van der Waals surface area (Å²) in [6.07, 6.45) is 2.57. The van der Waals surface area contributed by atoms with E-state index in [0.717, 1.165) is 12.1 Å². The number of nitrogens with one attached hydrogen (secondary N) is 1. The summed E-state index contributed by atoms with van der Waals surface area (Å²) in [5.74, 6) is -1.09. The van der Waals surface area contributed by atoms with Crippen LogP contribution in [0.15, 0.2) is 24.3 Å². The van der Waals surface area contributed by atoms with Gasteiger partial charge < -0.3 is 15.3 Å². The number of amides is 2. The van der Waals surface area contributed by atoms with Gasteiger partial charge in [-0.1, -0.05) is 6.07 Å². The Kier molecular flexibility index (Phi) is 3.60. The van der Waals surface area contributed by atoms with E-state index in [1.807, 2.05) is 0 Å². The van der Waals surface area contributed by atoms with E-state index < -0.39 is 11.4 Å². The number of carbonyl (C=O) groups is 3. The van der Waals surface area contributed by atoms with Crippen molar-refractivity contribution < 1.29 is 19.5 Å². The fourth-order valence-electron chi connectivity index (χ4n) is 2.70. The number of nitrogens with zero attached hydrogens (tertiary/aromatic N) is 1. The van der Waals surface area contributed by atoms with E-state index in [2.05, 4.69) is 5.32 Å². The standard InChI is InChI=1S/C16H18N2O4/c19-13-5-2-8-18(13)12-4-1-3-11(9-12)14(20)17-10-16(6-7-16)15(21)22/h1,3-4,9H,2,5-8,10H2,(H,17,20)(H,21,22). The second-order valence-corrected chi connectivity index (χ2v) is 5.97. The first-order chi connectivity index (χ1) is 10.5. The summed E-state index contributed by atoms with van der Waals surface area (Å²) >= 11 is 0. The van der Waals surface area contributed by atoms with Crippen LogP contribution in [0.1, 0.15) is 36.0 Å². The van der Waals surface area contributed by atoms with Crippen LogP contribution in [0, 0.1) is 5.41 Å². The maximum atomic E-state index is 12.2. The van der Waals surface area contributed by atoms with Crippen molar-refractivity contribution in [2.24, 2.45) is 5.41 Å². The van der Waals surface area contributed by atoms with Crippen molar-refractivity contribution in [3.63, 3.8) is 0 Å². The molecular weight excluding hydrogens is 284 g/mol. The normalized spacial score (nSPS) is 19.1. The Hall–Kier alpha value is -2.37. The van der Waals surface area contributed by atoms with Crippen LogP contribution in [-0.2, 0) is 9.59 Å². The lowest BCUT2D eigenvalue weighted by atomic mass is 10.1. The Labute approximate surface area is 128 Å². The molecular formula is C16H18N2O4. The van der Waals surface area contributed by atoms with Crippen LogP contribution < -0.4 is 10.2 Å². The van der Waals surface area contributed by atoms with Gasteiger partial charge in [-0.2, -0.15) is 0 Å². The molecule has 6 nitrogen and oxygen atoms in total. The van der Waals surface area contributed by atoms with Gasteiger partial charge in [-0.25, -0.2) is 0 Å². The molecule has 1 aliphatic carbocycles. The lowest BCUT2D eigenvalue weighted by molar-refractivity contribution is -0.143. The Morgan fingerprint density at radius 1 is 1.32 bits per heavy atom. The molecule has 116 valence electrons. The van der Waals surface area contributed by atoms with Gasteiger partial charge in [0.05, 0.1) is 5.41 Å². The molecule has 1 aliphatic heterocycles. The van der Waals surface area contributed by atoms with Gasteiger partial charge in [0, 0.05) is 30.8 Å². The number of benzene rings is 1. The summed E-state index contributed by atoms with van der Waals surface area (Å²) in [7, 11) is 0. The summed E-state index contributed by atoms with van der Waals surface area (Å²) < 4.78 is 0. The SMILES string of the molecule is O=C(NCC1(C(=O)O)CC1)c1cccc(N2CCCC2=O)c1. The molecule has 0 unspecified atom stereocenters. The smallest absolute Gasteiger partial charge is 0.311 e. The van der Waals surface area contributed by atoms with Crippen molar-refractivity contribution in [2.45, 2.75) is 25.7 Å². The van der Waals surface area contributed by atoms with Crippen molar-refractivity contribution in [1.29, 1.82) is 0 Å². The van der Waals surface area contributed by atoms with Crippen LogP contribution in [0.4, 0.5) is 5.69 Å². The van der Waals surface area contributed by atoms with E-state index in [9.17, 15) is 14.4 Å². The molecule has 3 rings (SSSR count). The summed E-state index contributed by atoms with van der Waals surface area (Å²) in [5, 5.41) is 11.8. The van der Waals surface area contributed by atoms with Crippen LogP contribution >= 0.6 is 0 Å². The topological polar surface area (TPSA) is 86.7 Å². The predicted molar refractivity (Wildman–Crippen MR) is 79.7 cm³/mol.